The van der Waals surface area contributed by atoms with Crippen LogP contribution in [0, 0.1) is 6.92 Å². The number of alkyl carbamates (subject to hydrolysis) is 1. The van der Waals surface area contributed by atoms with Crippen molar-refractivity contribution in [3.63, 3.8) is 0 Å². The van der Waals surface area contributed by atoms with E-state index in [0.29, 0.717) is 6.54 Å². The highest BCUT2D eigenvalue weighted by molar-refractivity contribution is 6.31. The first-order chi connectivity index (χ1) is 9.29. The summed E-state index contributed by atoms with van der Waals surface area (Å²) in [4.78, 5) is 11.4. The van der Waals surface area contributed by atoms with Gasteiger partial charge in [0.1, 0.15) is 5.60 Å². The van der Waals surface area contributed by atoms with Gasteiger partial charge in [-0.2, -0.15) is 0 Å². The molecule has 1 N–H and O–H groups in total. The zero-order valence-electron chi connectivity index (χ0n) is 12.5. The Morgan fingerprint density at radius 1 is 1.40 bits per heavy atom. The lowest BCUT2D eigenvalue weighted by atomic mass is 10.1. The monoisotopic (exact) mass is 295 g/mol. The van der Waals surface area contributed by atoms with Crippen LogP contribution < -0.4 is 5.32 Å². The van der Waals surface area contributed by atoms with Crippen molar-refractivity contribution in [1.82, 2.24) is 5.32 Å². The Morgan fingerprint density at radius 3 is 2.75 bits per heavy atom. The number of hydrogen-bond acceptors (Lipinski definition) is 2. The lowest BCUT2D eigenvalue weighted by Gasteiger charge is -2.19. The first-order valence-electron chi connectivity index (χ1n) is 6.68. The summed E-state index contributed by atoms with van der Waals surface area (Å²) in [6, 6.07) is 5.81. The predicted octanol–water partition coefficient (Wildman–Crippen LogP) is 4.58. The van der Waals surface area contributed by atoms with Crippen LogP contribution in [-0.2, 0) is 4.74 Å². The average molecular weight is 296 g/mol. The lowest BCUT2D eigenvalue weighted by Crippen LogP contribution is -2.32. The molecule has 0 aliphatic heterocycles. The maximum absolute atomic E-state index is 11.4. The zero-order chi connectivity index (χ0) is 15.2. The highest BCUT2D eigenvalue weighted by Gasteiger charge is 2.15. The Labute approximate surface area is 126 Å². The molecule has 110 valence electrons. The molecule has 1 aromatic carbocycles. The largest absolute Gasteiger partial charge is 0.444 e. The predicted molar refractivity (Wildman–Crippen MR) is 84.1 cm³/mol. The standard InChI is InChI=1S/C16H22ClNO2/c1-12-13(9-7-10-14(12)17)8-5-6-11-18-15(19)20-16(2,3)4/h5,7-10H,6,11H2,1-4H3,(H,18,19). The Kier molecular flexibility index (Phi) is 6.08. The molecule has 1 amide bonds. The van der Waals surface area contributed by atoms with Gasteiger partial charge in [0.15, 0.2) is 0 Å². The van der Waals surface area contributed by atoms with Crippen LogP contribution in [0.25, 0.3) is 6.08 Å². The van der Waals surface area contributed by atoms with Crippen molar-refractivity contribution < 1.29 is 9.53 Å². The van der Waals surface area contributed by atoms with E-state index in [1.807, 2.05) is 58.0 Å². The first-order valence-corrected chi connectivity index (χ1v) is 7.06. The summed E-state index contributed by atoms with van der Waals surface area (Å²) in [5, 5.41) is 3.48. The summed E-state index contributed by atoms with van der Waals surface area (Å²) in [6.45, 7) is 8.06. The first kappa shape index (κ1) is 16.6. The van der Waals surface area contributed by atoms with Crippen molar-refractivity contribution in [2.24, 2.45) is 0 Å². The van der Waals surface area contributed by atoms with Gasteiger partial charge in [0.05, 0.1) is 0 Å². The van der Waals surface area contributed by atoms with E-state index >= 15 is 0 Å². The number of halogens is 1. The van der Waals surface area contributed by atoms with Crippen LogP contribution in [0.4, 0.5) is 4.79 Å². The molecule has 0 saturated carbocycles. The average Bonchev–Trinajstić information content (AvgIpc) is 2.31. The molecule has 0 fully saturated rings. The van der Waals surface area contributed by atoms with Crippen LogP contribution >= 0.6 is 11.6 Å². The number of rotatable bonds is 4. The maximum Gasteiger partial charge on any atom is 0.407 e. The second-order valence-electron chi connectivity index (χ2n) is 5.57. The zero-order valence-corrected chi connectivity index (χ0v) is 13.3. The summed E-state index contributed by atoms with van der Waals surface area (Å²) in [7, 11) is 0. The second-order valence-corrected chi connectivity index (χ2v) is 5.98. The Balaban J connectivity index is 2.36. The number of ether oxygens (including phenoxy) is 1. The molecular formula is C16H22ClNO2. The van der Waals surface area contributed by atoms with Crippen molar-refractivity contribution in [3.05, 3.63) is 40.4 Å². The van der Waals surface area contributed by atoms with Crippen LogP contribution in [0.3, 0.4) is 0 Å². The minimum atomic E-state index is -0.460. The molecule has 20 heavy (non-hydrogen) atoms. The number of amides is 1. The van der Waals surface area contributed by atoms with E-state index in [1.165, 1.54) is 0 Å². The van der Waals surface area contributed by atoms with Gasteiger partial charge >= 0.3 is 6.09 Å². The summed E-state index contributed by atoms with van der Waals surface area (Å²) in [5.41, 5.74) is 1.69. The molecule has 0 aromatic heterocycles. The van der Waals surface area contributed by atoms with Crippen molar-refractivity contribution in [1.29, 1.82) is 0 Å². The molecule has 0 aliphatic rings. The molecule has 0 bridgehead atoms. The third kappa shape index (κ3) is 6.11. The second kappa shape index (κ2) is 7.34. The van der Waals surface area contributed by atoms with Gasteiger partial charge in [0.25, 0.3) is 0 Å². The van der Waals surface area contributed by atoms with E-state index < -0.39 is 5.60 Å². The van der Waals surface area contributed by atoms with Gasteiger partial charge < -0.3 is 10.1 Å². The minimum absolute atomic E-state index is 0.384. The van der Waals surface area contributed by atoms with Crippen LogP contribution in [-0.4, -0.2) is 18.2 Å². The van der Waals surface area contributed by atoms with Gasteiger partial charge in [0, 0.05) is 11.6 Å². The van der Waals surface area contributed by atoms with Gasteiger partial charge in [-0.1, -0.05) is 35.9 Å². The summed E-state index contributed by atoms with van der Waals surface area (Å²) in [6.07, 6.45) is 4.38. The molecule has 3 nitrogen and oxygen atoms in total. The highest BCUT2D eigenvalue weighted by Crippen LogP contribution is 2.19. The summed E-state index contributed by atoms with van der Waals surface area (Å²) >= 11 is 6.05. The molecule has 0 heterocycles. The van der Waals surface area contributed by atoms with Crippen molar-refractivity contribution in [2.45, 2.75) is 39.7 Å². The van der Waals surface area contributed by atoms with Crippen LogP contribution in [0.5, 0.6) is 0 Å². The summed E-state index contributed by atoms with van der Waals surface area (Å²) in [5.74, 6) is 0. The Hall–Kier alpha value is -1.48. The SMILES string of the molecule is Cc1c(Cl)cccc1C=CCCNC(=O)OC(C)(C)C. The minimum Gasteiger partial charge on any atom is -0.444 e. The normalized spacial score (nSPS) is 11.7. The molecule has 0 saturated heterocycles. The number of carbonyl (C=O) groups excluding carboxylic acids is 1. The van der Waals surface area contributed by atoms with E-state index in [1.54, 1.807) is 0 Å². The Morgan fingerprint density at radius 2 is 2.10 bits per heavy atom. The fraction of sp³-hybridized carbons (Fsp3) is 0.438. The number of hydrogen-bond donors (Lipinski definition) is 1. The quantitative estimate of drug-likeness (QED) is 0.826. The molecule has 1 rings (SSSR count). The molecular weight excluding hydrogens is 274 g/mol. The molecule has 0 radical (unpaired) electrons. The van der Waals surface area contributed by atoms with Crippen LogP contribution in [0.15, 0.2) is 24.3 Å². The van der Waals surface area contributed by atoms with E-state index in [-0.39, 0.29) is 6.09 Å². The van der Waals surface area contributed by atoms with Crippen molar-refractivity contribution >= 4 is 23.8 Å². The van der Waals surface area contributed by atoms with Crippen LogP contribution in [0.2, 0.25) is 5.02 Å². The van der Waals surface area contributed by atoms with Gasteiger partial charge in [-0.25, -0.2) is 4.79 Å². The number of benzene rings is 1. The molecule has 0 unspecified atom stereocenters. The fourth-order valence-electron chi connectivity index (χ4n) is 1.59. The molecule has 0 aliphatic carbocycles. The fourth-order valence-corrected chi connectivity index (χ4v) is 1.77. The summed E-state index contributed by atoms with van der Waals surface area (Å²) < 4.78 is 5.15. The van der Waals surface area contributed by atoms with Gasteiger partial charge in [-0.15, -0.1) is 0 Å². The third-order valence-electron chi connectivity index (χ3n) is 2.59. The number of nitrogens with one attached hydrogen (secondary N) is 1. The maximum atomic E-state index is 11.4. The lowest BCUT2D eigenvalue weighted by molar-refractivity contribution is 0.0529. The van der Waals surface area contributed by atoms with E-state index in [9.17, 15) is 4.79 Å². The smallest absolute Gasteiger partial charge is 0.407 e. The van der Waals surface area contributed by atoms with E-state index in [2.05, 4.69) is 5.32 Å². The Bertz CT molecular complexity index is 490. The van der Waals surface area contributed by atoms with Gasteiger partial charge in [-0.05, 0) is 51.3 Å². The molecule has 4 heteroatoms. The number of carbonyl (C=O) groups is 1. The van der Waals surface area contributed by atoms with E-state index in [4.69, 9.17) is 16.3 Å². The van der Waals surface area contributed by atoms with Crippen molar-refractivity contribution in [3.8, 4) is 0 Å². The highest BCUT2D eigenvalue weighted by atomic mass is 35.5. The molecule has 0 spiro atoms. The van der Waals surface area contributed by atoms with Crippen LogP contribution in [0.1, 0.15) is 38.3 Å². The topological polar surface area (TPSA) is 38.3 Å². The van der Waals surface area contributed by atoms with E-state index in [0.717, 1.165) is 22.6 Å². The molecule has 0 atom stereocenters. The van der Waals surface area contributed by atoms with Crippen molar-refractivity contribution in [2.75, 3.05) is 6.54 Å². The van der Waals surface area contributed by atoms with Gasteiger partial charge in [0.2, 0.25) is 0 Å². The van der Waals surface area contributed by atoms with Gasteiger partial charge in [-0.3, -0.25) is 0 Å². The third-order valence-corrected chi connectivity index (χ3v) is 3.00. The molecule has 1 aromatic rings.